The first kappa shape index (κ1) is 19.4. The Kier molecular flexibility index (Phi) is 5.51. The van der Waals surface area contributed by atoms with Gasteiger partial charge in [-0.2, -0.15) is 0 Å². The van der Waals surface area contributed by atoms with Crippen LogP contribution in [-0.4, -0.2) is 21.9 Å². The van der Waals surface area contributed by atoms with Gasteiger partial charge in [0.15, 0.2) is 0 Å². The highest BCUT2D eigenvalue weighted by Crippen LogP contribution is 2.32. The standard InChI is InChI=1S/C20H24N2O4S/c1-14-11-20(15(2)10-19(14)22(23)24)26-17-8-5-9-18(12-17)27(3,25)21-13-16-6-4-7-16/h5,8-12,16H,4,6-7,13H2,1-3H3. The molecule has 1 unspecified atom stereocenters. The Morgan fingerprint density at radius 2 is 1.96 bits per heavy atom. The summed E-state index contributed by atoms with van der Waals surface area (Å²) in [5, 5.41) is 11.1. The summed E-state index contributed by atoms with van der Waals surface area (Å²) in [6.45, 7) is 4.09. The highest BCUT2D eigenvalue weighted by atomic mass is 32.2. The lowest BCUT2D eigenvalue weighted by Crippen LogP contribution is -2.15. The van der Waals surface area contributed by atoms with Crippen LogP contribution < -0.4 is 4.74 Å². The van der Waals surface area contributed by atoms with E-state index in [1.165, 1.54) is 25.3 Å². The molecule has 6 nitrogen and oxygen atoms in total. The first-order chi connectivity index (χ1) is 12.8. The molecule has 0 aromatic heterocycles. The number of nitrogens with zero attached hydrogens (tertiary/aromatic N) is 2. The second-order valence-electron chi connectivity index (χ2n) is 7.15. The number of rotatable bonds is 6. The molecule has 2 aromatic carbocycles. The van der Waals surface area contributed by atoms with Crippen LogP contribution in [0.2, 0.25) is 0 Å². The number of nitro groups is 1. The predicted octanol–water partition coefficient (Wildman–Crippen LogP) is 5.26. The zero-order chi connectivity index (χ0) is 19.6. The number of hydrogen-bond acceptors (Lipinski definition) is 5. The Bertz CT molecular complexity index is 989. The van der Waals surface area contributed by atoms with E-state index in [4.69, 9.17) is 4.74 Å². The average Bonchev–Trinajstić information content (AvgIpc) is 2.56. The van der Waals surface area contributed by atoms with Crippen molar-refractivity contribution in [3.8, 4) is 11.5 Å². The van der Waals surface area contributed by atoms with Gasteiger partial charge in [0.2, 0.25) is 0 Å². The number of benzene rings is 2. The number of ether oxygens (including phenoxy) is 1. The molecule has 3 rings (SSSR count). The fourth-order valence-corrected chi connectivity index (χ4v) is 4.29. The van der Waals surface area contributed by atoms with Gasteiger partial charge in [-0.25, -0.2) is 8.57 Å². The molecule has 1 aliphatic rings. The van der Waals surface area contributed by atoms with E-state index < -0.39 is 14.7 Å². The smallest absolute Gasteiger partial charge is 0.272 e. The maximum atomic E-state index is 13.0. The van der Waals surface area contributed by atoms with E-state index in [2.05, 4.69) is 4.36 Å². The molecule has 144 valence electrons. The third-order valence-corrected chi connectivity index (χ3v) is 6.74. The molecule has 1 atom stereocenters. The fourth-order valence-electron chi connectivity index (χ4n) is 2.98. The van der Waals surface area contributed by atoms with Crippen LogP contribution in [-0.2, 0) is 9.73 Å². The van der Waals surface area contributed by atoms with Crippen molar-refractivity contribution in [1.82, 2.24) is 0 Å². The van der Waals surface area contributed by atoms with Crippen LogP contribution in [0.15, 0.2) is 45.7 Å². The summed E-state index contributed by atoms with van der Waals surface area (Å²) in [5.41, 5.74) is 1.27. The molecular weight excluding hydrogens is 364 g/mol. The van der Waals surface area contributed by atoms with Crippen molar-refractivity contribution in [2.24, 2.45) is 10.3 Å². The van der Waals surface area contributed by atoms with Crippen LogP contribution in [0, 0.1) is 29.9 Å². The van der Waals surface area contributed by atoms with Gasteiger partial charge in [0.05, 0.1) is 26.1 Å². The van der Waals surface area contributed by atoms with Crippen LogP contribution in [0.1, 0.15) is 30.4 Å². The molecule has 0 heterocycles. The van der Waals surface area contributed by atoms with E-state index in [0.29, 0.717) is 40.0 Å². The summed E-state index contributed by atoms with van der Waals surface area (Å²) >= 11 is 0. The highest BCUT2D eigenvalue weighted by molar-refractivity contribution is 7.93. The van der Waals surface area contributed by atoms with Crippen molar-refractivity contribution < 1.29 is 13.9 Å². The first-order valence-corrected chi connectivity index (χ1v) is 10.9. The van der Waals surface area contributed by atoms with Crippen LogP contribution in [0.4, 0.5) is 5.69 Å². The Labute approximate surface area is 159 Å². The molecule has 0 N–H and O–H groups in total. The van der Waals surface area contributed by atoms with E-state index in [0.717, 1.165) is 0 Å². The van der Waals surface area contributed by atoms with E-state index >= 15 is 0 Å². The molecule has 0 spiro atoms. The molecule has 1 fully saturated rings. The molecule has 2 aromatic rings. The van der Waals surface area contributed by atoms with E-state index in [9.17, 15) is 14.3 Å². The van der Waals surface area contributed by atoms with E-state index in [1.807, 2.05) is 0 Å². The monoisotopic (exact) mass is 388 g/mol. The van der Waals surface area contributed by atoms with Crippen molar-refractivity contribution in [3.05, 3.63) is 57.6 Å². The largest absolute Gasteiger partial charge is 0.457 e. The third-order valence-electron chi connectivity index (χ3n) is 4.96. The minimum Gasteiger partial charge on any atom is -0.457 e. The zero-order valence-corrected chi connectivity index (χ0v) is 16.6. The van der Waals surface area contributed by atoms with Gasteiger partial charge in [-0.1, -0.05) is 12.5 Å². The van der Waals surface area contributed by atoms with Crippen LogP contribution in [0.5, 0.6) is 11.5 Å². The maximum Gasteiger partial charge on any atom is 0.272 e. The molecule has 27 heavy (non-hydrogen) atoms. The van der Waals surface area contributed by atoms with Gasteiger partial charge in [-0.05, 0) is 62.4 Å². The lowest BCUT2D eigenvalue weighted by molar-refractivity contribution is -0.385. The number of aryl methyl sites for hydroxylation is 2. The maximum absolute atomic E-state index is 13.0. The predicted molar refractivity (Wildman–Crippen MR) is 106 cm³/mol. The molecule has 0 amide bonds. The quantitative estimate of drug-likeness (QED) is 0.499. The van der Waals surface area contributed by atoms with Gasteiger partial charge in [-0.15, -0.1) is 0 Å². The van der Waals surface area contributed by atoms with Gasteiger partial charge in [0.1, 0.15) is 11.5 Å². The Balaban J connectivity index is 1.85. The van der Waals surface area contributed by atoms with Crippen molar-refractivity contribution in [2.75, 3.05) is 12.8 Å². The summed E-state index contributed by atoms with van der Waals surface area (Å²) in [4.78, 5) is 11.3. The van der Waals surface area contributed by atoms with Crippen molar-refractivity contribution in [2.45, 2.75) is 38.0 Å². The first-order valence-electron chi connectivity index (χ1n) is 8.98. The Hall–Kier alpha value is -2.41. The van der Waals surface area contributed by atoms with Crippen molar-refractivity contribution >= 4 is 15.4 Å². The van der Waals surface area contributed by atoms with Gasteiger partial charge >= 0.3 is 0 Å². The van der Waals surface area contributed by atoms with Gasteiger partial charge in [-0.3, -0.25) is 10.1 Å². The van der Waals surface area contributed by atoms with Crippen molar-refractivity contribution in [3.63, 3.8) is 0 Å². The molecule has 0 bridgehead atoms. The lowest BCUT2D eigenvalue weighted by Gasteiger charge is -2.23. The normalized spacial score (nSPS) is 16.3. The molecule has 0 saturated heterocycles. The Morgan fingerprint density at radius 3 is 2.59 bits per heavy atom. The minimum absolute atomic E-state index is 0.0694. The summed E-state index contributed by atoms with van der Waals surface area (Å²) in [5.74, 6) is 1.65. The van der Waals surface area contributed by atoms with Crippen LogP contribution in [0.25, 0.3) is 0 Å². The molecule has 7 heteroatoms. The minimum atomic E-state index is -2.48. The summed E-state index contributed by atoms with van der Waals surface area (Å²) < 4.78 is 23.4. The van der Waals surface area contributed by atoms with Gasteiger partial charge in [0, 0.05) is 17.9 Å². The SMILES string of the molecule is Cc1cc([N+](=O)[O-])c(C)cc1Oc1cccc(S(C)(=O)=NCC2CCC2)c1. The van der Waals surface area contributed by atoms with E-state index in [1.54, 1.807) is 50.4 Å². The molecular formula is C20H24N2O4S. The second-order valence-corrected chi connectivity index (χ2v) is 9.48. The van der Waals surface area contributed by atoms with Gasteiger partial charge in [0.25, 0.3) is 5.69 Å². The molecule has 1 aliphatic carbocycles. The lowest BCUT2D eigenvalue weighted by atomic mass is 9.86. The third kappa shape index (κ3) is 4.47. The van der Waals surface area contributed by atoms with Crippen molar-refractivity contribution in [1.29, 1.82) is 0 Å². The molecule has 0 radical (unpaired) electrons. The highest BCUT2D eigenvalue weighted by Gasteiger charge is 2.18. The summed E-state index contributed by atoms with van der Waals surface area (Å²) in [6.07, 6.45) is 5.23. The fraction of sp³-hybridized carbons (Fsp3) is 0.400. The Morgan fingerprint density at radius 1 is 1.22 bits per heavy atom. The van der Waals surface area contributed by atoms with E-state index in [-0.39, 0.29) is 5.69 Å². The van der Waals surface area contributed by atoms with Crippen LogP contribution in [0.3, 0.4) is 0 Å². The second kappa shape index (κ2) is 7.68. The zero-order valence-electron chi connectivity index (χ0n) is 15.8. The average molecular weight is 388 g/mol. The van der Waals surface area contributed by atoms with Crippen LogP contribution >= 0.6 is 0 Å². The summed E-state index contributed by atoms with van der Waals surface area (Å²) in [7, 11) is -2.48. The number of hydrogen-bond donors (Lipinski definition) is 0. The van der Waals surface area contributed by atoms with Gasteiger partial charge < -0.3 is 4.74 Å². The molecule has 1 saturated carbocycles. The number of nitro benzene ring substituents is 1. The summed E-state index contributed by atoms with van der Waals surface area (Å²) in [6, 6.07) is 10.3. The topological polar surface area (TPSA) is 81.8 Å². The molecule has 0 aliphatic heterocycles.